The lowest BCUT2D eigenvalue weighted by atomic mass is 9.85. The molecule has 0 fully saturated rings. The number of halogens is 1. The van der Waals surface area contributed by atoms with Crippen LogP contribution in [0, 0.1) is 19.3 Å². The van der Waals surface area contributed by atoms with Crippen molar-refractivity contribution in [1.82, 2.24) is 8.75 Å². The average molecular weight is 423 g/mol. The Hall–Kier alpha value is -2.29. The van der Waals surface area contributed by atoms with Crippen LogP contribution in [0.4, 0.5) is 17.3 Å². The fourth-order valence-corrected chi connectivity index (χ4v) is 3.58. The molecule has 2 aromatic heterocycles. The number of phenols is 1. The van der Waals surface area contributed by atoms with Crippen LogP contribution in [0.25, 0.3) is 0 Å². The maximum Gasteiger partial charge on any atom is 0.237 e. The van der Waals surface area contributed by atoms with Gasteiger partial charge in [0.05, 0.1) is 11.7 Å². The number of furan rings is 1. The topological polar surface area (TPSA) is 106 Å². The molecule has 9 heteroatoms. The first kappa shape index (κ1) is 20.4. The van der Waals surface area contributed by atoms with Gasteiger partial charge in [-0.3, -0.25) is 0 Å². The number of nitrogens with zero attached hydrogens (tertiary/aromatic N) is 2. The SMILES string of the molecule is Cc1ccc([C@H](Nc2n[s+]([O-])nc2Nc2ccc(Cl)c(C)c2O)C(C)(C)C)o1. The Morgan fingerprint density at radius 3 is 2.43 bits per heavy atom. The van der Waals surface area contributed by atoms with Crippen LogP contribution < -0.4 is 10.6 Å². The molecule has 0 amide bonds. The van der Waals surface area contributed by atoms with Gasteiger partial charge in [-0.25, -0.2) is 0 Å². The zero-order valence-electron chi connectivity index (χ0n) is 16.3. The van der Waals surface area contributed by atoms with Gasteiger partial charge in [0.1, 0.15) is 17.3 Å². The highest BCUT2D eigenvalue weighted by molar-refractivity contribution is 7.14. The van der Waals surface area contributed by atoms with Crippen LogP contribution in [0.1, 0.15) is 43.9 Å². The molecule has 7 nitrogen and oxygen atoms in total. The number of anilines is 3. The number of phenolic OH excluding ortho intramolecular Hbond substituents is 1. The molecule has 0 saturated heterocycles. The van der Waals surface area contributed by atoms with E-state index in [1.54, 1.807) is 19.1 Å². The first-order valence-corrected chi connectivity index (χ1v) is 10.2. The first-order chi connectivity index (χ1) is 13.1. The molecule has 0 aliphatic carbocycles. The molecule has 28 heavy (non-hydrogen) atoms. The van der Waals surface area contributed by atoms with Gasteiger partial charge in [0.2, 0.25) is 11.6 Å². The summed E-state index contributed by atoms with van der Waals surface area (Å²) in [5.41, 5.74) is 0.716. The molecule has 1 aromatic carbocycles. The minimum atomic E-state index is -1.75. The van der Waals surface area contributed by atoms with Gasteiger partial charge in [-0.05, 0) is 43.5 Å². The fourth-order valence-electron chi connectivity index (χ4n) is 2.80. The third kappa shape index (κ3) is 4.24. The molecular weight excluding hydrogens is 400 g/mol. The van der Waals surface area contributed by atoms with Crippen LogP contribution >= 0.6 is 22.7 Å². The molecule has 3 aromatic rings. The monoisotopic (exact) mass is 422 g/mol. The van der Waals surface area contributed by atoms with Gasteiger partial charge in [-0.1, -0.05) is 32.4 Å². The summed E-state index contributed by atoms with van der Waals surface area (Å²) in [5.74, 6) is 2.15. The lowest BCUT2D eigenvalue weighted by Gasteiger charge is -2.29. The smallest absolute Gasteiger partial charge is 0.237 e. The number of benzene rings is 1. The minimum absolute atomic E-state index is 0.00117. The van der Waals surface area contributed by atoms with E-state index in [9.17, 15) is 9.66 Å². The van der Waals surface area contributed by atoms with Crippen LogP contribution in [-0.2, 0) is 0 Å². The van der Waals surface area contributed by atoms with Crippen LogP contribution in [-0.4, -0.2) is 18.4 Å². The van der Waals surface area contributed by atoms with Gasteiger partial charge >= 0.3 is 0 Å². The van der Waals surface area contributed by atoms with E-state index < -0.39 is 11.1 Å². The van der Waals surface area contributed by atoms with E-state index in [2.05, 4.69) is 40.2 Å². The zero-order chi connectivity index (χ0) is 20.6. The van der Waals surface area contributed by atoms with E-state index in [4.69, 9.17) is 16.0 Å². The van der Waals surface area contributed by atoms with Crippen LogP contribution in [0.3, 0.4) is 0 Å². The van der Waals surface area contributed by atoms with E-state index in [0.717, 1.165) is 11.5 Å². The first-order valence-electron chi connectivity index (χ1n) is 8.74. The molecule has 1 unspecified atom stereocenters. The van der Waals surface area contributed by atoms with Gasteiger partial charge in [0.25, 0.3) is 0 Å². The van der Waals surface area contributed by atoms with E-state index in [1.165, 1.54) is 0 Å². The lowest BCUT2D eigenvalue weighted by Crippen LogP contribution is -2.25. The van der Waals surface area contributed by atoms with Gasteiger partial charge in [0.15, 0.2) is 11.1 Å². The Morgan fingerprint density at radius 1 is 1.14 bits per heavy atom. The molecule has 0 spiro atoms. The van der Waals surface area contributed by atoms with Crippen LogP contribution in [0.5, 0.6) is 5.75 Å². The number of hydrogen-bond donors (Lipinski definition) is 3. The van der Waals surface area contributed by atoms with E-state index >= 15 is 0 Å². The van der Waals surface area contributed by atoms with E-state index in [-0.39, 0.29) is 23.0 Å². The molecule has 3 rings (SSSR count). The van der Waals surface area contributed by atoms with Crippen molar-refractivity contribution in [2.45, 2.75) is 40.7 Å². The molecule has 0 aliphatic rings. The molecule has 0 bridgehead atoms. The molecule has 3 N–H and O–H groups in total. The van der Waals surface area contributed by atoms with Crippen molar-refractivity contribution in [3.05, 3.63) is 46.4 Å². The average Bonchev–Trinajstić information content (AvgIpc) is 3.17. The summed E-state index contributed by atoms with van der Waals surface area (Å²) in [6, 6.07) is 6.86. The second kappa shape index (κ2) is 7.62. The fraction of sp³-hybridized carbons (Fsp3) is 0.368. The number of rotatable bonds is 5. The maximum atomic E-state index is 12.0. The summed E-state index contributed by atoms with van der Waals surface area (Å²) < 4.78 is 25.9. The predicted octanol–water partition coefficient (Wildman–Crippen LogP) is 5.72. The second-order valence-corrected chi connectivity index (χ2v) is 8.93. The van der Waals surface area contributed by atoms with Crippen molar-refractivity contribution in [2.75, 3.05) is 10.6 Å². The Kier molecular flexibility index (Phi) is 5.56. The highest BCUT2D eigenvalue weighted by Gasteiger charge is 2.32. The third-order valence-electron chi connectivity index (χ3n) is 4.37. The van der Waals surface area contributed by atoms with Crippen molar-refractivity contribution in [1.29, 1.82) is 0 Å². The van der Waals surface area contributed by atoms with Gasteiger partial charge in [-0.2, -0.15) is 0 Å². The van der Waals surface area contributed by atoms with Gasteiger partial charge < -0.3 is 24.7 Å². The van der Waals surface area contributed by atoms with Crippen LogP contribution in [0.2, 0.25) is 5.02 Å². The lowest BCUT2D eigenvalue weighted by molar-refractivity contribution is 0.300. The Balaban J connectivity index is 1.94. The van der Waals surface area contributed by atoms with Crippen molar-refractivity contribution < 1.29 is 14.1 Å². The number of aromatic hydroxyl groups is 1. The normalized spacial score (nSPS) is 13.5. The summed E-state index contributed by atoms with van der Waals surface area (Å²) >= 11 is 4.28. The molecule has 0 saturated carbocycles. The molecule has 0 aliphatic heterocycles. The quantitative estimate of drug-likeness (QED) is 0.356. The summed E-state index contributed by atoms with van der Waals surface area (Å²) in [6.45, 7) is 9.78. The Labute approximate surface area is 171 Å². The number of aryl methyl sites for hydroxylation is 1. The standard InChI is InChI=1S/C19H23ClN4O3S/c1-10-6-9-14(27-10)16(19(3,4)5)22-18-17(23-28(26)24-18)21-13-8-7-12(20)11(2)15(13)25/h6-9,16,25H,1-5H3,(H,21,23)(H,22,24)/t16-,28?/m0/s1. The summed E-state index contributed by atoms with van der Waals surface area (Å²) in [5, 5.41) is 17.1. The van der Waals surface area contributed by atoms with Crippen molar-refractivity contribution >= 4 is 40.1 Å². The summed E-state index contributed by atoms with van der Waals surface area (Å²) in [7, 11) is 0. The Morgan fingerprint density at radius 2 is 1.82 bits per heavy atom. The maximum absolute atomic E-state index is 12.0. The summed E-state index contributed by atoms with van der Waals surface area (Å²) in [6.07, 6.45) is 0. The van der Waals surface area contributed by atoms with Gasteiger partial charge in [-0.15, -0.1) is 0 Å². The number of aromatic nitrogens is 2. The highest BCUT2D eigenvalue weighted by Crippen LogP contribution is 2.40. The number of nitrogens with one attached hydrogen (secondary N) is 2. The van der Waals surface area contributed by atoms with Crippen molar-refractivity contribution in [3.8, 4) is 5.75 Å². The molecule has 0 radical (unpaired) electrons. The summed E-state index contributed by atoms with van der Waals surface area (Å²) in [4.78, 5) is 0. The van der Waals surface area contributed by atoms with E-state index in [0.29, 0.717) is 22.1 Å². The molecule has 2 heterocycles. The largest absolute Gasteiger partial charge is 0.546 e. The third-order valence-corrected chi connectivity index (χ3v) is 5.46. The molecule has 2 atom stereocenters. The Bertz CT molecular complexity index is 994. The van der Waals surface area contributed by atoms with E-state index in [1.807, 2.05) is 19.1 Å². The molecular formula is C19H23ClN4O3S. The van der Waals surface area contributed by atoms with Gasteiger partial charge in [0, 0.05) is 19.3 Å². The minimum Gasteiger partial charge on any atom is -0.546 e. The predicted molar refractivity (Wildman–Crippen MR) is 111 cm³/mol. The van der Waals surface area contributed by atoms with Crippen molar-refractivity contribution in [3.63, 3.8) is 0 Å². The van der Waals surface area contributed by atoms with Crippen LogP contribution in [0.15, 0.2) is 28.7 Å². The highest BCUT2D eigenvalue weighted by atomic mass is 35.5. The molecule has 150 valence electrons. The number of hydrogen-bond acceptors (Lipinski definition) is 7. The zero-order valence-corrected chi connectivity index (χ0v) is 17.9. The van der Waals surface area contributed by atoms with Crippen molar-refractivity contribution in [2.24, 2.45) is 5.41 Å². The second-order valence-electron chi connectivity index (χ2n) is 7.70.